The van der Waals surface area contributed by atoms with Crippen LogP contribution >= 0.6 is 0 Å². The van der Waals surface area contributed by atoms with Gasteiger partial charge in [-0.3, -0.25) is 0 Å². The van der Waals surface area contributed by atoms with Crippen molar-refractivity contribution in [1.29, 1.82) is 0 Å². The summed E-state index contributed by atoms with van der Waals surface area (Å²) in [6.45, 7) is 3.81. The van der Waals surface area contributed by atoms with Gasteiger partial charge in [-0.25, -0.2) is 4.98 Å². The average Bonchev–Trinajstić information content (AvgIpc) is 3.24. The number of benzene rings is 1. The Labute approximate surface area is 150 Å². The van der Waals surface area contributed by atoms with Crippen LogP contribution in [0.15, 0.2) is 42.7 Å². The van der Waals surface area contributed by atoms with Gasteiger partial charge in [0.2, 0.25) is 5.95 Å². The van der Waals surface area contributed by atoms with Crippen LogP contribution in [-0.2, 0) is 6.54 Å². The lowest BCUT2D eigenvalue weighted by Gasteiger charge is -2.10. The van der Waals surface area contributed by atoms with Crippen LogP contribution in [0, 0.1) is 6.92 Å². The number of aromatic nitrogens is 5. The summed E-state index contributed by atoms with van der Waals surface area (Å²) in [5.41, 5.74) is 15.7. The molecule has 0 aliphatic carbocycles. The number of aryl methyl sites for hydroxylation is 1. The van der Waals surface area contributed by atoms with E-state index in [1.807, 2.05) is 31.2 Å². The topological polar surface area (TPSA) is 123 Å². The van der Waals surface area contributed by atoms with E-state index in [-0.39, 0.29) is 5.95 Å². The van der Waals surface area contributed by atoms with Crippen molar-refractivity contribution in [1.82, 2.24) is 24.5 Å². The highest BCUT2D eigenvalue weighted by Gasteiger charge is 2.12. The molecule has 8 nitrogen and oxygen atoms in total. The molecule has 0 spiro atoms. The number of hydrogen-bond donors (Lipinski definition) is 4. The molecule has 4 aromatic rings. The molecular formula is C18H20N8. The first kappa shape index (κ1) is 15.9. The minimum atomic E-state index is 0.118. The number of nitrogen functional groups attached to an aromatic ring is 2. The van der Waals surface area contributed by atoms with Gasteiger partial charge in [0.05, 0.1) is 0 Å². The number of rotatable bonds is 5. The first-order valence-corrected chi connectivity index (χ1v) is 8.34. The summed E-state index contributed by atoms with van der Waals surface area (Å²) in [4.78, 5) is 15.8. The van der Waals surface area contributed by atoms with E-state index in [0.717, 1.165) is 29.9 Å². The lowest BCUT2D eigenvalue weighted by atomic mass is 10.1. The van der Waals surface area contributed by atoms with Gasteiger partial charge in [0.1, 0.15) is 11.3 Å². The molecule has 0 bridgehead atoms. The Morgan fingerprint density at radius 1 is 1.12 bits per heavy atom. The molecule has 0 saturated carbocycles. The summed E-state index contributed by atoms with van der Waals surface area (Å²) in [6, 6.07) is 10.2. The maximum absolute atomic E-state index is 5.89. The number of nitrogens with one attached hydrogen (secondary N) is 2. The molecule has 26 heavy (non-hydrogen) atoms. The summed E-state index contributed by atoms with van der Waals surface area (Å²) in [7, 11) is 0. The highest BCUT2D eigenvalue weighted by atomic mass is 15.1. The fourth-order valence-electron chi connectivity index (χ4n) is 2.95. The van der Waals surface area contributed by atoms with Gasteiger partial charge in [0.15, 0.2) is 11.5 Å². The smallest absolute Gasteiger partial charge is 0.224 e. The summed E-state index contributed by atoms with van der Waals surface area (Å²) in [5.74, 6) is 1.11. The lowest BCUT2D eigenvalue weighted by Crippen LogP contribution is -2.09. The Bertz CT molecular complexity index is 1050. The van der Waals surface area contributed by atoms with Crippen LogP contribution in [0.3, 0.4) is 0 Å². The van der Waals surface area contributed by atoms with Gasteiger partial charge in [0, 0.05) is 36.7 Å². The molecular weight excluding hydrogens is 328 g/mol. The molecule has 0 atom stereocenters. The van der Waals surface area contributed by atoms with Gasteiger partial charge < -0.3 is 26.3 Å². The Kier molecular flexibility index (Phi) is 3.92. The van der Waals surface area contributed by atoms with Crippen molar-refractivity contribution in [3.05, 3.63) is 48.3 Å². The second-order valence-electron chi connectivity index (χ2n) is 6.13. The highest BCUT2D eigenvalue weighted by Crippen LogP contribution is 2.27. The van der Waals surface area contributed by atoms with Gasteiger partial charge in [-0.15, -0.1) is 0 Å². The summed E-state index contributed by atoms with van der Waals surface area (Å²) in [6.07, 6.45) is 4.11. The highest BCUT2D eigenvalue weighted by molar-refractivity contribution is 5.86. The fraction of sp³-hybridized carbons (Fsp3) is 0.167. The van der Waals surface area contributed by atoms with Crippen molar-refractivity contribution < 1.29 is 0 Å². The van der Waals surface area contributed by atoms with E-state index in [2.05, 4.69) is 48.3 Å². The largest absolute Gasteiger partial charge is 0.383 e. The Hall–Kier alpha value is -3.55. The van der Waals surface area contributed by atoms with Gasteiger partial charge in [-0.05, 0) is 42.8 Å². The molecule has 6 N–H and O–H groups in total. The van der Waals surface area contributed by atoms with E-state index in [0.29, 0.717) is 22.8 Å². The van der Waals surface area contributed by atoms with Crippen LogP contribution in [0.1, 0.15) is 5.56 Å². The Balaban J connectivity index is 1.55. The molecule has 4 rings (SSSR count). The van der Waals surface area contributed by atoms with E-state index >= 15 is 0 Å². The molecule has 8 heteroatoms. The maximum atomic E-state index is 5.89. The number of aromatic amines is 1. The molecule has 0 radical (unpaired) electrons. The molecule has 0 saturated heterocycles. The molecule has 0 fully saturated rings. The minimum Gasteiger partial charge on any atom is -0.383 e. The average molecular weight is 348 g/mol. The monoisotopic (exact) mass is 348 g/mol. The standard InChI is InChI=1S/C18H20N8/c1-11-10-12(21-6-9-26-7-2-3-8-26)4-5-13(11)16-22-14-15(19)23-18(20)25-17(14)24-16/h2-5,7-8,10,21H,6,9H2,1H3,(H5,19,20,22,23,24,25). The van der Waals surface area contributed by atoms with Crippen LogP contribution in [0.2, 0.25) is 0 Å². The summed E-state index contributed by atoms with van der Waals surface area (Å²) >= 11 is 0. The molecule has 1 aromatic carbocycles. The molecule has 0 aliphatic rings. The lowest BCUT2D eigenvalue weighted by molar-refractivity contribution is 0.733. The predicted octanol–water partition coefficient (Wildman–Crippen LogP) is 2.41. The van der Waals surface area contributed by atoms with Crippen molar-refractivity contribution in [2.24, 2.45) is 0 Å². The predicted molar refractivity (Wildman–Crippen MR) is 104 cm³/mol. The molecule has 0 amide bonds. The fourth-order valence-corrected chi connectivity index (χ4v) is 2.95. The zero-order valence-electron chi connectivity index (χ0n) is 14.4. The first-order chi connectivity index (χ1) is 12.6. The van der Waals surface area contributed by atoms with E-state index in [9.17, 15) is 0 Å². The van der Waals surface area contributed by atoms with E-state index in [1.54, 1.807) is 0 Å². The molecule has 0 aliphatic heterocycles. The van der Waals surface area contributed by atoms with Gasteiger partial charge >= 0.3 is 0 Å². The molecule has 0 unspecified atom stereocenters. The van der Waals surface area contributed by atoms with Crippen LogP contribution in [-0.4, -0.2) is 31.0 Å². The third-order valence-electron chi connectivity index (χ3n) is 4.24. The quantitative estimate of drug-likeness (QED) is 0.439. The number of anilines is 3. The number of H-pyrrole nitrogens is 1. The van der Waals surface area contributed by atoms with Gasteiger partial charge in [-0.2, -0.15) is 9.97 Å². The van der Waals surface area contributed by atoms with Crippen LogP contribution in [0.4, 0.5) is 17.5 Å². The zero-order chi connectivity index (χ0) is 18.1. The van der Waals surface area contributed by atoms with Crippen LogP contribution in [0.5, 0.6) is 0 Å². The van der Waals surface area contributed by atoms with Crippen LogP contribution < -0.4 is 16.8 Å². The molecule has 3 heterocycles. The van der Waals surface area contributed by atoms with Gasteiger partial charge in [-0.1, -0.05) is 0 Å². The third-order valence-corrected chi connectivity index (χ3v) is 4.24. The van der Waals surface area contributed by atoms with Crippen molar-refractivity contribution in [3.8, 4) is 11.4 Å². The molecule has 132 valence electrons. The SMILES string of the molecule is Cc1cc(NCCn2cccc2)ccc1-c1nc2nc(N)nc(N)c2[nH]1. The van der Waals surface area contributed by atoms with Crippen LogP contribution in [0.25, 0.3) is 22.6 Å². The van der Waals surface area contributed by atoms with E-state index in [1.165, 1.54) is 0 Å². The number of fused-ring (bicyclic) bond motifs is 1. The molecule has 3 aromatic heterocycles. The normalized spacial score (nSPS) is 11.1. The van der Waals surface area contributed by atoms with Crippen molar-refractivity contribution in [3.63, 3.8) is 0 Å². The number of imidazole rings is 1. The van der Waals surface area contributed by atoms with Crippen molar-refractivity contribution in [2.45, 2.75) is 13.5 Å². The number of hydrogen-bond acceptors (Lipinski definition) is 6. The summed E-state index contributed by atoms with van der Waals surface area (Å²) < 4.78 is 2.14. The minimum absolute atomic E-state index is 0.118. The zero-order valence-corrected chi connectivity index (χ0v) is 14.4. The summed E-state index contributed by atoms with van der Waals surface area (Å²) in [5, 5.41) is 3.44. The van der Waals surface area contributed by atoms with E-state index in [4.69, 9.17) is 11.5 Å². The second kappa shape index (κ2) is 6.40. The van der Waals surface area contributed by atoms with Gasteiger partial charge in [0.25, 0.3) is 0 Å². The Morgan fingerprint density at radius 3 is 2.69 bits per heavy atom. The third kappa shape index (κ3) is 3.04. The number of nitrogens with zero attached hydrogens (tertiary/aromatic N) is 4. The second-order valence-corrected chi connectivity index (χ2v) is 6.13. The first-order valence-electron chi connectivity index (χ1n) is 8.34. The van der Waals surface area contributed by atoms with E-state index < -0.39 is 0 Å². The Morgan fingerprint density at radius 2 is 1.92 bits per heavy atom. The van der Waals surface area contributed by atoms with Crippen molar-refractivity contribution in [2.75, 3.05) is 23.3 Å². The maximum Gasteiger partial charge on any atom is 0.224 e. The van der Waals surface area contributed by atoms with Crippen molar-refractivity contribution >= 4 is 28.6 Å². The number of nitrogens with two attached hydrogens (primary N) is 2.